The Labute approximate surface area is 120 Å². The van der Waals surface area contributed by atoms with Gasteiger partial charge in [0.15, 0.2) is 0 Å². The Kier molecular flexibility index (Phi) is 4.07. The fourth-order valence-electron chi connectivity index (χ4n) is 2.01. The van der Waals surface area contributed by atoms with Crippen LogP contribution in [0.1, 0.15) is 28.9 Å². The van der Waals surface area contributed by atoms with Gasteiger partial charge in [-0.25, -0.2) is 8.78 Å². The fraction of sp³-hybridized carbons (Fsp3) is 0.133. The van der Waals surface area contributed by atoms with Crippen molar-refractivity contribution in [2.75, 3.05) is 5.32 Å². The quantitative estimate of drug-likeness (QED) is 0.811. The monoisotopic (exact) mass is 292 g/mol. The molecule has 0 radical (unpaired) electrons. The topological polar surface area (TPSA) is 75.3 Å². The normalized spacial score (nSPS) is 12.0. The number of halogens is 2. The number of primary amides is 1. The van der Waals surface area contributed by atoms with Crippen LogP contribution in [0.4, 0.5) is 14.5 Å². The van der Waals surface area contributed by atoms with Crippen molar-refractivity contribution in [3.8, 4) is 5.75 Å². The van der Waals surface area contributed by atoms with E-state index < -0.39 is 29.1 Å². The van der Waals surface area contributed by atoms with Gasteiger partial charge < -0.3 is 16.2 Å². The number of rotatable bonds is 4. The molecule has 4 nitrogen and oxygen atoms in total. The van der Waals surface area contributed by atoms with Crippen LogP contribution in [0.3, 0.4) is 0 Å². The van der Waals surface area contributed by atoms with Crippen molar-refractivity contribution >= 4 is 11.6 Å². The predicted octanol–water partition coefficient (Wildman–Crippen LogP) is 2.94. The number of carbonyl (C=O) groups is 1. The van der Waals surface area contributed by atoms with Crippen LogP contribution in [-0.2, 0) is 0 Å². The molecule has 0 aromatic heterocycles. The van der Waals surface area contributed by atoms with E-state index in [2.05, 4.69) is 5.32 Å². The summed E-state index contributed by atoms with van der Waals surface area (Å²) in [4.78, 5) is 11.1. The number of anilines is 1. The Balaban J connectivity index is 2.33. The van der Waals surface area contributed by atoms with Crippen molar-refractivity contribution in [1.29, 1.82) is 0 Å². The zero-order valence-corrected chi connectivity index (χ0v) is 11.2. The SMILES string of the molecule is CC(Nc1cc(C(N)=O)c(F)cc1F)c1ccccc1O. The molecule has 6 heteroatoms. The van der Waals surface area contributed by atoms with Crippen molar-refractivity contribution < 1.29 is 18.7 Å². The molecule has 0 saturated carbocycles. The molecule has 0 saturated heterocycles. The molecule has 1 amide bonds. The Bertz CT molecular complexity index is 689. The van der Waals surface area contributed by atoms with Gasteiger partial charge in [-0.15, -0.1) is 0 Å². The largest absolute Gasteiger partial charge is 0.508 e. The second kappa shape index (κ2) is 5.78. The molecule has 0 aliphatic rings. The minimum atomic E-state index is -1.01. The zero-order valence-electron chi connectivity index (χ0n) is 11.2. The van der Waals surface area contributed by atoms with Gasteiger partial charge in [0, 0.05) is 11.6 Å². The number of benzene rings is 2. The Morgan fingerprint density at radius 3 is 2.52 bits per heavy atom. The molecule has 0 aliphatic carbocycles. The van der Waals surface area contributed by atoms with Gasteiger partial charge in [0.2, 0.25) is 0 Å². The van der Waals surface area contributed by atoms with Crippen LogP contribution < -0.4 is 11.1 Å². The van der Waals surface area contributed by atoms with Crippen LogP contribution in [0.5, 0.6) is 5.75 Å². The number of para-hydroxylation sites is 1. The standard InChI is InChI=1S/C15H14F2N2O2/c1-8(9-4-2-3-5-14(9)20)19-13-6-10(15(18)21)11(16)7-12(13)17/h2-8,19-20H,1H3,(H2,18,21). The molecule has 0 bridgehead atoms. The summed E-state index contributed by atoms with van der Waals surface area (Å²) < 4.78 is 27.2. The summed E-state index contributed by atoms with van der Waals surface area (Å²) in [5, 5.41) is 12.5. The first-order valence-electron chi connectivity index (χ1n) is 6.23. The van der Waals surface area contributed by atoms with Crippen molar-refractivity contribution in [3.05, 3.63) is 59.2 Å². The van der Waals surface area contributed by atoms with Crippen LogP contribution in [0.25, 0.3) is 0 Å². The highest BCUT2D eigenvalue weighted by Crippen LogP contribution is 2.28. The molecule has 21 heavy (non-hydrogen) atoms. The first kappa shape index (κ1) is 14.8. The van der Waals surface area contributed by atoms with E-state index >= 15 is 0 Å². The second-order valence-electron chi connectivity index (χ2n) is 4.60. The van der Waals surface area contributed by atoms with Crippen LogP contribution >= 0.6 is 0 Å². The summed E-state index contributed by atoms with van der Waals surface area (Å²) >= 11 is 0. The molecule has 0 spiro atoms. The molecule has 0 aliphatic heterocycles. The molecule has 0 fully saturated rings. The third-order valence-electron chi connectivity index (χ3n) is 3.10. The van der Waals surface area contributed by atoms with Crippen molar-refractivity contribution in [1.82, 2.24) is 0 Å². The van der Waals surface area contributed by atoms with Crippen molar-refractivity contribution in [2.45, 2.75) is 13.0 Å². The molecule has 1 atom stereocenters. The minimum Gasteiger partial charge on any atom is -0.508 e. The average Bonchev–Trinajstić information content (AvgIpc) is 2.41. The van der Waals surface area contributed by atoms with Crippen molar-refractivity contribution in [3.63, 3.8) is 0 Å². The van der Waals surface area contributed by atoms with Gasteiger partial charge in [-0.2, -0.15) is 0 Å². The second-order valence-corrected chi connectivity index (χ2v) is 4.60. The summed E-state index contributed by atoms with van der Waals surface area (Å²) in [7, 11) is 0. The maximum atomic E-state index is 13.8. The number of phenols is 1. The Morgan fingerprint density at radius 1 is 1.24 bits per heavy atom. The van der Waals surface area contributed by atoms with Gasteiger partial charge in [0.05, 0.1) is 17.3 Å². The number of phenolic OH excluding ortho intramolecular Hbond substituents is 1. The summed E-state index contributed by atoms with van der Waals surface area (Å²) in [6.07, 6.45) is 0. The maximum Gasteiger partial charge on any atom is 0.251 e. The van der Waals surface area contributed by atoms with Crippen LogP contribution in [-0.4, -0.2) is 11.0 Å². The lowest BCUT2D eigenvalue weighted by molar-refractivity contribution is 0.0996. The van der Waals surface area contributed by atoms with Gasteiger partial charge in [0.25, 0.3) is 5.91 Å². The first-order valence-corrected chi connectivity index (χ1v) is 6.23. The average molecular weight is 292 g/mol. The molecule has 2 aromatic rings. The first-order chi connectivity index (χ1) is 9.90. The lowest BCUT2D eigenvalue weighted by Crippen LogP contribution is -2.15. The molecule has 2 aromatic carbocycles. The molecule has 110 valence electrons. The fourth-order valence-corrected chi connectivity index (χ4v) is 2.01. The summed E-state index contributed by atoms with van der Waals surface area (Å²) in [6, 6.07) is 7.72. The summed E-state index contributed by atoms with van der Waals surface area (Å²) in [6.45, 7) is 1.70. The Hall–Kier alpha value is -2.63. The number of carbonyl (C=O) groups excluding carboxylic acids is 1. The van der Waals surface area contributed by atoms with Crippen LogP contribution in [0.15, 0.2) is 36.4 Å². The summed E-state index contributed by atoms with van der Waals surface area (Å²) in [5.41, 5.74) is 5.11. The Morgan fingerprint density at radius 2 is 1.90 bits per heavy atom. The van der Waals surface area contributed by atoms with E-state index in [9.17, 15) is 18.7 Å². The smallest absolute Gasteiger partial charge is 0.251 e. The van der Waals surface area contributed by atoms with Crippen LogP contribution in [0, 0.1) is 11.6 Å². The number of hydrogen-bond donors (Lipinski definition) is 3. The van der Waals surface area contributed by atoms with Gasteiger partial charge in [-0.05, 0) is 19.1 Å². The molecular formula is C15H14F2N2O2. The molecule has 0 heterocycles. The van der Waals surface area contributed by atoms with Gasteiger partial charge in [-0.3, -0.25) is 4.79 Å². The highest BCUT2D eigenvalue weighted by Gasteiger charge is 2.16. The number of nitrogens with two attached hydrogens (primary N) is 1. The lowest BCUT2D eigenvalue weighted by Gasteiger charge is -2.18. The predicted molar refractivity (Wildman–Crippen MR) is 75.0 cm³/mol. The number of nitrogens with one attached hydrogen (secondary N) is 1. The highest BCUT2D eigenvalue weighted by atomic mass is 19.1. The van der Waals surface area contributed by atoms with Crippen molar-refractivity contribution in [2.24, 2.45) is 5.73 Å². The third-order valence-corrected chi connectivity index (χ3v) is 3.10. The molecule has 1 unspecified atom stereocenters. The van der Waals surface area contributed by atoms with Gasteiger partial charge in [-0.1, -0.05) is 18.2 Å². The molecular weight excluding hydrogens is 278 g/mol. The summed E-state index contributed by atoms with van der Waals surface area (Å²) in [5.74, 6) is -2.79. The zero-order chi connectivity index (χ0) is 15.6. The molecule has 4 N–H and O–H groups in total. The van der Waals surface area contributed by atoms with E-state index in [1.165, 1.54) is 6.07 Å². The number of amides is 1. The number of aromatic hydroxyl groups is 1. The van der Waals surface area contributed by atoms with Gasteiger partial charge in [0.1, 0.15) is 17.4 Å². The third kappa shape index (κ3) is 3.10. The van der Waals surface area contributed by atoms with E-state index in [0.29, 0.717) is 11.6 Å². The highest BCUT2D eigenvalue weighted by molar-refractivity contribution is 5.94. The van der Waals surface area contributed by atoms with E-state index in [1.54, 1.807) is 25.1 Å². The van der Waals surface area contributed by atoms with Crippen LogP contribution in [0.2, 0.25) is 0 Å². The maximum absolute atomic E-state index is 13.8. The van der Waals surface area contributed by atoms with E-state index in [1.807, 2.05) is 0 Å². The van der Waals surface area contributed by atoms with E-state index in [-0.39, 0.29) is 11.4 Å². The number of hydrogen-bond acceptors (Lipinski definition) is 3. The van der Waals surface area contributed by atoms with Gasteiger partial charge >= 0.3 is 0 Å². The van der Waals surface area contributed by atoms with E-state index in [4.69, 9.17) is 5.73 Å². The minimum absolute atomic E-state index is 0.0511. The molecule has 2 rings (SSSR count). The van der Waals surface area contributed by atoms with E-state index in [0.717, 1.165) is 6.07 Å². The lowest BCUT2D eigenvalue weighted by atomic mass is 10.1.